The molecule has 1 unspecified atom stereocenters. The molecule has 2 aliphatic rings. The van der Waals surface area contributed by atoms with Crippen LogP contribution >= 0.6 is 0 Å². The highest BCUT2D eigenvalue weighted by Gasteiger charge is 2.30. The topological polar surface area (TPSA) is 41.8 Å². The van der Waals surface area contributed by atoms with E-state index in [0.29, 0.717) is 23.3 Å². The highest BCUT2D eigenvalue weighted by atomic mass is 16.8. The third kappa shape index (κ3) is 1.95. The van der Waals surface area contributed by atoms with Gasteiger partial charge in [-0.3, -0.25) is 4.90 Å². The molecule has 2 heterocycles. The van der Waals surface area contributed by atoms with E-state index in [1.165, 1.54) is 20.0 Å². The van der Waals surface area contributed by atoms with Gasteiger partial charge in [-0.15, -0.1) is 0 Å². The van der Waals surface area contributed by atoms with E-state index in [1.807, 2.05) is 6.07 Å². The highest BCUT2D eigenvalue weighted by Crippen LogP contribution is 2.32. The van der Waals surface area contributed by atoms with Crippen molar-refractivity contribution in [1.82, 2.24) is 4.90 Å². The maximum absolute atomic E-state index is 11.4. The Labute approximate surface area is 106 Å². The Morgan fingerprint density at radius 2 is 2.39 bits per heavy atom. The van der Waals surface area contributed by atoms with Gasteiger partial charge in [0, 0.05) is 24.2 Å². The Bertz CT molecular complexity index is 475. The lowest BCUT2D eigenvalue weighted by molar-refractivity contribution is -0.736. The van der Waals surface area contributed by atoms with Gasteiger partial charge in [0.25, 0.3) is 4.92 Å². The Morgan fingerprint density at radius 3 is 3.22 bits per heavy atom. The Balaban J connectivity index is 1.89. The number of hydrogen-bond donors (Lipinski definition) is 0. The van der Waals surface area contributed by atoms with Crippen LogP contribution in [0.5, 0.6) is 5.75 Å². The monoisotopic (exact) mass is 249 g/mol. The number of hydrogen-bond acceptors (Lipinski definition) is 4. The minimum absolute atomic E-state index is 0.471. The van der Waals surface area contributed by atoms with E-state index >= 15 is 0 Å². The zero-order valence-corrected chi connectivity index (χ0v) is 10.5. The van der Waals surface area contributed by atoms with E-state index in [1.54, 1.807) is 12.1 Å². The average Bonchev–Trinajstić information content (AvgIpc) is 2.77. The van der Waals surface area contributed by atoms with Crippen molar-refractivity contribution in [2.24, 2.45) is 0 Å². The van der Waals surface area contributed by atoms with Gasteiger partial charge in [0.1, 0.15) is 12.4 Å². The van der Waals surface area contributed by atoms with E-state index < -0.39 is 0 Å². The van der Waals surface area contributed by atoms with E-state index in [9.17, 15) is 4.91 Å². The lowest BCUT2D eigenvalue weighted by Crippen LogP contribution is -2.31. The summed E-state index contributed by atoms with van der Waals surface area (Å²) < 4.78 is 5.83. The summed E-state index contributed by atoms with van der Waals surface area (Å²) in [6, 6.07) is 6.00. The third-order valence-electron chi connectivity index (χ3n) is 3.73. The zero-order valence-electron chi connectivity index (χ0n) is 10.5. The fourth-order valence-corrected chi connectivity index (χ4v) is 2.72. The Hall–Kier alpha value is -1.62. The molecule has 0 aliphatic carbocycles. The number of nitrogens with zero attached hydrogens (tertiary/aromatic N) is 2. The van der Waals surface area contributed by atoms with Crippen molar-refractivity contribution >= 4 is 5.69 Å². The molecule has 0 amide bonds. The highest BCUT2D eigenvalue weighted by molar-refractivity contribution is 5.44. The van der Waals surface area contributed by atoms with Crippen molar-refractivity contribution in [1.29, 1.82) is 0 Å². The van der Waals surface area contributed by atoms with E-state index in [2.05, 4.69) is 9.74 Å². The van der Waals surface area contributed by atoms with Gasteiger partial charge in [0.05, 0.1) is 11.0 Å². The van der Waals surface area contributed by atoms with E-state index in [4.69, 9.17) is 4.74 Å². The first-order valence-electron chi connectivity index (χ1n) is 6.29. The van der Waals surface area contributed by atoms with Crippen LogP contribution < -0.4 is 4.74 Å². The van der Waals surface area contributed by atoms with Crippen LogP contribution in [-0.2, 0) is 11.4 Å². The van der Waals surface area contributed by atoms with Gasteiger partial charge >= 0.3 is 5.69 Å². The molecule has 5 nitrogen and oxygen atoms in total. The number of rotatable bonds is 2. The molecule has 0 N–H and O–H groups in total. The van der Waals surface area contributed by atoms with E-state index in [-0.39, 0.29) is 0 Å². The summed E-state index contributed by atoms with van der Waals surface area (Å²) in [4.78, 5) is 19.0. The fourth-order valence-electron chi connectivity index (χ4n) is 2.72. The first-order valence-corrected chi connectivity index (χ1v) is 6.29. The molecule has 0 radical (unpaired) electrons. The van der Waals surface area contributed by atoms with Crippen LogP contribution in [0.25, 0.3) is 0 Å². The first kappa shape index (κ1) is 11.5. The van der Waals surface area contributed by atoms with Gasteiger partial charge in [-0.05, 0) is 25.5 Å². The smallest absolute Gasteiger partial charge is 0.320 e. The van der Waals surface area contributed by atoms with Gasteiger partial charge in [-0.25, -0.2) is 4.84 Å². The van der Waals surface area contributed by atoms with Crippen molar-refractivity contribution < 1.29 is 14.5 Å². The largest absolute Gasteiger partial charge is 0.491 e. The SMILES string of the molecule is CO[N+](=O)c1ccc2c(c1)OCC1CCCN1C2. The third-order valence-corrected chi connectivity index (χ3v) is 3.73. The molecule has 1 atom stereocenters. The fraction of sp³-hybridized carbons (Fsp3) is 0.538. The van der Waals surface area contributed by atoms with Crippen LogP contribution in [0.3, 0.4) is 0 Å². The molecular formula is C13H17N2O3+. The first-order chi connectivity index (χ1) is 8.78. The number of ether oxygens (including phenoxy) is 1. The second-order valence-corrected chi connectivity index (χ2v) is 4.81. The molecule has 1 aromatic rings. The summed E-state index contributed by atoms with van der Waals surface area (Å²) in [6.07, 6.45) is 2.45. The molecular weight excluding hydrogens is 232 g/mol. The lowest BCUT2D eigenvalue weighted by atomic mass is 10.1. The molecule has 2 aliphatic heterocycles. The maximum Gasteiger partial charge on any atom is 0.320 e. The van der Waals surface area contributed by atoms with Crippen molar-refractivity contribution in [3.8, 4) is 5.75 Å². The summed E-state index contributed by atoms with van der Waals surface area (Å²) >= 11 is 0. The van der Waals surface area contributed by atoms with Crippen molar-refractivity contribution in [3.63, 3.8) is 0 Å². The molecule has 1 aromatic carbocycles. The normalized spacial score (nSPS) is 22.6. The van der Waals surface area contributed by atoms with E-state index in [0.717, 1.165) is 24.4 Å². The molecule has 1 saturated heterocycles. The maximum atomic E-state index is 11.4. The van der Waals surface area contributed by atoms with Gasteiger partial charge in [0.15, 0.2) is 7.11 Å². The van der Waals surface area contributed by atoms with Crippen LogP contribution in [0.2, 0.25) is 0 Å². The summed E-state index contributed by atoms with van der Waals surface area (Å²) in [7, 11) is 1.36. The van der Waals surface area contributed by atoms with Crippen LogP contribution in [0.15, 0.2) is 18.2 Å². The molecule has 18 heavy (non-hydrogen) atoms. The zero-order chi connectivity index (χ0) is 12.5. The van der Waals surface area contributed by atoms with Gasteiger partial charge in [0.2, 0.25) is 0 Å². The molecule has 96 valence electrons. The standard InChI is InChI=1S/C13H17N2O3/c1-17-15(16)11-5-4-10-8-14-6-2-3-12(14)9-18-13(10)7-11/h4-5,7,12H,2-3,6,8-9H2,1H3/q+1. The summed E-state index contributed by atoms with van der Waals surface area (Å²) in [6.45, 7) is 2.76. The molecule has 5 heteroatoms. The molecule has 3 rings (SSSR count). The number of benzene rings is 1. The van der Waals surface area contributed by atoms with Crippen LogP contribution in [0.4, 0.5) is 5.69 Å². The van der Waals surface area contributed by atoms with Crippen LogP contribution in [0, 0.1) is 4.91 Å². The quantitative estimate of drug-likeness (QED) is 0.752. The second kappa shape index (κ2) is 4.57. The second-order valence-electron chi connectivity index (χ2n) is 4.81. The summed E-state index contributed by atoms with van der Waals surface area (Å²) in [5.74, 6) is 0.805. The predicted molar refractivity (Wildman–Crippen MR) is 65.7 cm³/mol. The summed E-state index contributed by atoms with van der Waals surface area (Å²) in [5, 5.41) is 0. The minimum Gasteiger partial charge on any atom is -0.491 e. The predicted octanol–water partition coefficient (Wildman–Crippen LogP) is 2.02. The number of fused-ring (bicyclic) bond motifs is 2. The van der Waals surface area contributed by atoms with Crippen molar-refractivity contribution in [2.75, 3.05) is 20.3 Å². The average molecular weight is 249 g/mol. The Morgan fingerprint density at radius 1 is 1.50 bits per heavy atom. The van der Waals surface area contributed by atoms with Gasteiger partial charge < -0.3 is 4.74 Å². The molecule has 0 spiro atoms. The van der Waals surface area contributed by atoms with Crippen LogP contribution in [-0.4, -0.2) is 36.1 Å². The van der Waals surface area contributed by atoms with Gasteiger partial charge in [-0.1, -0.05) is 0 Å². The lowest BCUT2D eigenvalue weighted by Gasteiger charge is -2.19. The Kier molecular flexibility index (Phi) is 2.91. The van der Waals surface area contributed by atoms with Crippen molar-refractivity contribution in [2.45, 2.75) is 25.4 Å². The molecule has 1 fully saturated rings. The van der Waals surface area contributed by atoms with Gasteiger partial charge in [-0.2, -0.15) is 0 Å². The summed E-state index contributed by atoms with van der Waals surface area (Å²) in [5.41, 5.74) is 1.62. The van der Waals surface area contributed by atoms with Crippen molar-refractivity contribution in [3.05, 3.63) is 28.7 Å². The molecule has 0 bridgehead atoms. The molecule has 0 aromatic heterocycles. The molecule has 0 saturated carbocycles. The van der Waals surface area contributed by atoms with Crippen LogP contribution in [0.1, 0.15) is 18.4 Å². The minimum atomic E-state index is 0.471.